The number of benzene rings is 1. The van der Waals surface area contributed by atoms with Gasteiger partial charge in [-0.25, -0.2) is 0 Å². The van der Waals surface area contributed by atoms with Crippen LogP contribution in [-0.4, -0.2) is 26.1 Å². The predicted molar refractivity (Wildman–Crippen MR) is 66.5 cm³/mol. The highest BCUT2D eigenvalue weighted by Gasteiger charge is 2.39. The molecule has 1 aliphatic rings. The Bertz CT molecular complexity index is 651. The molecular formula is C12H11FN2O3S. The molecule has 1 aromatic rings. The molecule has 1 unspecified atom stereocenters. The van der Waals surface area contributed by atoms with Crippen LogP contribution in [0.1, 0.15) is 12.0 Å². The van der Waals surface area contributed by atoms with Crippen molar-refractivity contribution >= 4 is 21.8 Å². The lowest BCUT2D eigenvalue weighted by atomic mass is 10.1. The quantitative estimate of drug-likeness (QED) is 0.779. The van der Waals surface area contributed by atoms with Gasteiger partial charge in [-0.1, -0.05) is 12.1 Å². The summed E-state index contributed by atoms with van der Waals surface area (Å²) in [5.74, 6) is -0.430. The fourth-order valence-electron chi connectivity index (χ4n) is 2.04. The average Bonchev–Trinajstić information content (AvgIpc) is 2.72. The van der Waals surface area contributed by atoms with Gasteiger partial charge in [-0.3, -0.25) is 4.79 Å². The molecule has 1 heterocycles. The van der Waals surface area contributed by atoms with E-state index in [-0.39, 0.29) is 19.4 Å². The smallest absolute Gasteiger partial charge is 0.307 e. The summed E-state index contributed by atoms with van der Waals surface area (Å²) >= 11 is 0. The zero-order valence-corrected chi connectivity index (χ0v) is 10.7. The first-order chi connectivity index (χ1) is 8.91. The summed E-state index contributed by atoms with van der Waals surface area (Å²) in [5, 5.41) is 7.31. The van der Waals surface area contributed by atoms with Crippen LogP contribution in [0.5, 0.6) is 0 Å². The lowest BCUT2D eigenvalue weighted by Gasteiger charge is -2.16. The highest BCUT2D eigenvalue weighted by molar-refractivity contribution is 7.87. The maximum Gasteiger partial charge on any atom is 0.307 e. The molecule has 0 aromatic heterocycles. The number of hydrogen-bond acceptors (Lipinski definition) is 4. The van der Waals surface area contributed by atoms with E-state index in [1.54, 1.807) is 24.3 Å². The summed E-state index contributed by atoms with van der Waals surface area (Å²) in [6.45, 7) is -0.187. The Morgan fingerprint density at radius 1 is 1.47 bits per heavy atom. The molecule has 19 heavy (non-hydrogen) atoms. The van der Waals surface area contributed by atoms with Gasteiger partial charge in [0.2, 0.25) is 5.91 Å². The largest absolute Gasteiger partial charge is 0.311 e. The molecule has 0 saturated carbocycles. The van der Waals surface area contributed by atoms with Crippen LogP contribution in [0, 0.1) is 11.3 Å². The van der Waals surface area contributed by atoms with Crippen molar-refractivity contribution in [2.24, 2.45) is 0 Å². The standard InChI is InChI=1S/C12H11FN2O3S/c13-19(17,18)11-7-12(16)15(8-11)10-3-1-2-9(6-10)4-5-14/h1-3,6,11H,4,7-8H2. The van der Waals surface area contributed by atoms with Crippen LogP contribution in [-0.2, 0) is 21.4 Å². The van der Waals surface area contributed by atoms with Crippen molar-refractivity contribution in [3.05, 3.63) is 29.8 Å². The van der Waals surface area contributed by atoms with Crippen LogP contribution in [0.15, 0.2) is 24.3 Å². The van der Waals surface area contributed by atoms with E-state index in [4.69, 9.17) is 5.26 Å². The molecule has 1 fully saturated rings. The Morgan fingerprint density at radius 3 is 2.79 bits per heavy atom. The second-order valence-electron chi connectivity index (χ2n) is 4.31. The molecule has 0 aliphatic carbocycles. The Hall–Kier alpha value is -1.94. The first kappa shape index (κ1) is 13.5. The van der Waals surface area contributed by atoms with E-state index < -0.39 is 21.4 Å². The summed E-state index contributed by atoms with van der Waals surface area (Å²) in [4.78, 5) is 13.0. The molecule has 1 saturated heterocycles. The van der Waals surface area contributed by atoms with Crippen molar-refractivity contribution in [3.63, 3.8) is 0 Å². The number of rotatable bonds is 3. The average molecular weight is 282 g/mol. The molecule has 0 radical (unpaired) electrons. The number of hydrogen-bond donors (Lipinski definition) is 0. The van der Waals surface area contributed by atoms with Gasteiger partial charge < -0.3 is 4.90 Å². The molecule has 1 atom stereocenters. The van der Waals surface area contributed by atoms with Crippen LogP contribution in [0.25, 0.3) is 0 Å². The summed E-state index contributed by atoms with van der Waals surface area (Å²) in [5.41, 5.74) is 1.21. The van der Waals surface area contributed by atoms with Gasteiger partial charge in [0.25, 0.3) is 0 Å². The van der Waals surface area contributed by atoms with Gasteiger partial charge in [0.05, 0.1) is 12.5 Å². The Morgan fingerprint density at radius 2 is 2.21 bits per heavy atom. The minimum absolute atomic E-state index is 0.187. The molecule has 7 heteroatoms. The van der Waals surface area contributed by atoms with E-state index in [9.17, 15) is 17.1 Å². The fourth-order valence-corrected chi connectivity index (χ4v) is 2.71. The summed E-state index contributed by atoms with van der Waals surface area (Å²) in [7, 11) is -4.71. The van der Waals surface area contributed by atoms with Crippen molar-refractivity contribution in [2.75, 3.05) is 11.4 Å². The molecule has 0 spiro atoms. The molecule has 1 aromatic carbocycles. The molecule has 5 nitrogen and oxygen atoms in total. The molecule has 1 aliphatic heterocycles. The first-order valence-corrected chi connectivity index (χ1v) is 7.06. The van der Waals surface area contributed by atoms with Crippen molar-refractivity contribution in [1.82, 2.24) is 0 Å². The van der Waals surface area contributed by atoms with E-state index >= 15 is 0 Å². The zero-order valence-electron chi connectivity index (χ0n) is 9.91. The lowest BCUT2D eigenvalue weighted by Crippen LogP contribution is -2.26. The van der Waals surface area contributed by atoms with Crippen LogP contribution >= 0.6 is 0 Å². The third-order valence-corrected chi connectivity index (χ3v) is 4.11. The van der Waals surface area contributed by atoms with Gasteiger partial charge >= 0.3 is 10.2 Å². The maximum atomic E-state index is 12.9. The van der Waals surface area contributed by atoms with Gasteiger partial charge in [0, 0.05) is 18.7 Å². The Balaban J connectivity index is 2.26. The van der Waals surface area contributed by atoms with E-state index in [1.165, 1.54) is 4.90 Å². The fraction of sp³-hybridized carbons (Fsp3) is 0.333. The van der Waals surface area contributed by atoms with E-state index in [0.29, 0.717) is 5.69 Å². The number of amides is 1. The Kier molecular flexibility index (Phi) is 3.53. The molecule has 100 valence electrons. The second kappa shape index (κ2) is 4.97. The van der Waals surface area contributed by atoms with E-state index in [0.717, 1.165) is 5.56 Å². The molecule has 2 rings (SSSR count). The number of nitriles is 1. The third-order valence-electron chi connectivity index (χ3n) is 2.99. The lowest BCUT2D eigenvalue weighted by molar-refractivity contribution is -0.117. The van der Waals surface area contributed by atoms with Crippen LogP contribution in [0.2, 0.25) is 0 Å². The minimum Gasteiger partial charge on any atom is -0.311 e. The predicted octanol–water partition coefficient (Wildman–Crippen LogP) is 1.16. The molecular weight excluding hydrogens is 271 g/mol. The third kappa shape index (κ3) is 2.90. The van der Waals surface area contributed by atoms with Gasteiger partial charge in [-0.15, -0.1) is 3.89 Å². The second-order valence-corrected chi connectivity index (χ2v) is 5.93. The summed E-state index contributed by atoms with van der Waals surface area (Å²) in [6.07, 6.45) is -0.151. The van der Waals surface area contributed by atoms with Crippen molar-refractivity contribution < 1.29 is 17.1 Å². The van der Waals surface area contributed by atoms with E-state index in [1.807, 2.05) is 6.07 Å². The SMILES string of the molecule is N#CCc1cccc(N2CC(S(=O)(=O)F)CC2=O)c1. The van der Waals surface area contributed by atoms with Gasteiger partial charge in [0.1, 0.15) is 5.25 Å². The zero-order chi connectivity index (χ0) is 14.0. The monoisotopic (exact) mass is 282 g/mol. The topological polar surface area (TPSA) is 78.2 Å². The number of carbonyl (C=O) groups is 1. The van der Waals surface area contributed by atoms with Crippen molar-refractivity contribution in [3.8, 4) is 6.07 Å². The number of halogens is 1. The number of anilines is 1. The number of carbonyl (C=O) groups excluding carboxylic acids is 1. The summed E-state index contributed by atoms with van der Waals surface area (Å²) < 4.78 is 34.6. The normalized spacial score (nSPS) is 19.5. The van der Waals surface area contributed by atoms with Gasteiger partial charge in [0.15, 0.2) is 0 Å². The van der Waals surface area contributed by atoms with Crippen LogP contribution in [0.4, 0.5) is 9.57 Å². The van der Waals surface area contributed by atoms with Crippen molar-refractivity contribution in [2.45, 2.75) is 18.1 Å². The van der Waals surface area contributed by atoms with Crippen molar-refractivity contribution in [1.29, 1.82) is 5.26 Å². The molecule has 0 bridgehead atoms. The summed E-state index contributed by atoms with van der Waals surface area (Å²) in [6, 6.07) is 8.66. The first-order valence-electron chi connectivity index (χ1n) is 5.61. The van der Waals surface area contributed by atoms with E-state index in [2.05, 4.69) is 0 Å². The number of nitrogens with zero attached hydrogens (tertiary/aromatic N) is 2. The minimum atomic E-state index is -4.71. The Labute approximate surface area is 110 Å². The highest BCUT2D eigenvalue weighted by Crippen LogP contribution is 2.26. The van der Waals surface area contributed by atoms with Gasteiger partial charge in [-0.2, -0.15) is 13.7 Å². The highest BCUT2D eigenvalue weighted by atomic mass is 32.3. The van der Waals surface area contributed by atoms with Gasteiger partial charge in [-0.05, 0) is 17.7 Å². The molecule has 0 N–H and O–H groups in total. The van der Waals surface area contributed by atoms with Crippen LogP contribution in [0.3, 0.4) is 0 Å². The van der Waals surface area contributed by atoms with Crippen LogP contribution < -0.4 is 4.90 Å². The molecule has 1 amide bonds. The maximum absolute atomic E-state index is 12.9.